The Bertz CT molecular complexity index is 526. The molecular weight excluding hydrogens is 291 g/mol. The van der Waals surface area contributed by atoms with Crippen LogP contribution in [0.2, 0.25) is 0 Å². The summed E-state index contributed by atoms with van der Waals surface area (Å²) in [6.45, 7) is 1.63. The molecule has 114 valence electrons. The van der Waals surface area contributed by atoms with Crippen LogP contribution in [-0.2, 0) is 0 Å². The van der Waals surface area contributed by atoms with E-state index >= 15 is 0 Å². The third kappa shape index (κ3) is 3.89. The lowest BCUT2D eigenvalue weighted by molar-refractivity contribution is 0.199. The van der Waals surface area contributed by atoms with Gasteiger partial charge in [0.15, 0.2) is 0 Å². The van der Waals surface area contributed by atoms with Crippen molar-refractivity contribution in [3.8, 4) is 0 Å². The molecule has 5 nitrogen and oxygen atoms in total. The van der Waals surface area contributed by atoms with E-state index in [-0.39, 0.29) is 11.8 Å². The monoisotopic (exact) mass is 310 g/mol. The van der Waals surface area contributed by atoms with Crippen LogP contribution in [0, 0.1) is 5.82 Å². The molecule has 1 aromatic carbocycles. The van der Waals surface area contributed by atoms with Gasteiger partial charge in [-0.2, -0.15) is 0 Å². The number of hydrogen-bond acceptors (Lipinski definition) is 3. The van der Waals surface area contributed by atoms with Crippen LogP contribution in [0.5, 0.6) is 0 Å². The molecule has 0 bridgehead atoms. The van der Waals surface area contributed by atoms with E-state index in [9.17, 15) is 9.18 Å². The van der Waals surface area contributed by atoms with Crippen molar-refractivity contribution >= 4 is 28.9 Å². The van der Waals surface area contributed by atoms with Crippen molar-refractivity contribution in [2.24, 2.45) is 5.73 Å². The van der Waals surface area contributed by atoms with Gasteiger partial charge >= 0.3 is 6.03 Å². The lowest BCUT2D eigenvalue weighted by atomic mass is 9.87. The smallest absolute Gasteiger partial charge is 0.320 e. The molecule has 0 atom stereocenters. The van der Waals surface area contributed by atoms with Gasteiger partial charge in [-0.25, -0.2) is 9.18 Å². The number of amides is 2. The second kappa shape index (κ2) is 6.36. The molecule has 2 amide bonds. The van der Waals surface area contributed by atoms with Crippen LogP contribution in [0.1, 0.15) is 12.8 Å². The average Bonchev–Trinajstić information content (AvgIpc) is 2.44. The van der Waals surface area contributed by atoms with Gasteiger partial charge in [0.25, 0.3) is 0 Å². The first-order valence-corrected chi connectivity index (χ1v) is 7.15. The van der Waals surface area contributed by atoms with Gasteiger partial charge in [-0.3, -0.25) is 0 Å². The molecule has 2 rings (SSSR count). The molecule has 1 fully saturated rings. The maximum absolute atomic E-state index is 12.8. The lowest BCUT2D eigenvalue weighted by Gasteiger charge is -2.40. The maximum atomic E-state index is 12.8. The largest absolute Gasteiger partial charge is 0.391 e. The first-order valence-electron chi connectivity index (χ1n) is 6.74. The zero-order valence-electron chi connectivity index (χ0n) is 11.9. The third-order valence-corrected chi connectivity index (χ3v) is 4.16. The summed E-state index contributed by atoms with van der Waals surface area (Å²) < 4.78 is 12.8. The van der Waals surface area contributed by atoms with Crippen LogP contribution in [0.3, 0.4) is 0 Å². The maximum Gasteiger partial charge on any atom is 0.320 e. The van der Waals surface area contributed by atoms with Crippen molar-refractivity contribution in [1.29, 1.82) is 0 Å². The van der Waals surface area contributed by atoms with Crippen molar-refractivity contribution in [2.45, 2.75) is 18.4 Å². The first kappa shape index (κ1) is 15.7. The minimum Gasteiger partial charge on any atom is -0.391 e. The molecule has 4 N–H and O–H groups in total. The molecule has 1 saturated heterocycles. The lowest BCUT2D eigenvalue weighted by Crippen LogP contribution is -2.62. The van der Waals surface area contributed by atoms with Crippen LogP contribution in [0.25, 0.3) is 0 Å². The molecule has 1 aliphatic rings. The summed E-state index contributed by atoms with van der Waals surface area (Å²) in [5.41, 5.74) is 5.68. The molecule has 0 aliphatic carbocycles. The second-order valence-corrected chi connectivity index (χ2v) is 5.78. The van der Waals surface area contributed by atoms with Gasteiger partial charge in [0.1, 0.15) is 5.82 Å². The van der Waals surface area contributed by atoms with E-state index in [1.807, 2.05) is 7.05 Å². The quantitative estimate of drug-likeness (QED) is 0.743. The fraction of sp³-hybridized carbons (Fsp3) is 0.429. The number of rotatable bonds is 3. The molecule has 0 radical (unpaired) electrons. The van der Waals surface area contributed by atoms with E-state index < -0.39 is 5.54 Å². The van der Waals surface area contributed by atoms with Crippen molar-refractivity contribution in [3.05, 3.63) is 30.1 Å². The van der Waals surface area contributed by atoms with Gasteiger partial charge in [-0.1, -0.05) is 12.2 Å². The average molecular weight is 310 g/mol. The predicted molar refractivity (Wildman–Crippen MR) is 84.8 cm³/mol. The van der Waals surface area contributed by atoms with Crippen molar-refractivity contribution in [2.75, 3.05) is 25.5 Å². The first-order chi connectivity index (χ1) is 9.91. The van der Waals surface area contributed by atoms with E-state index in [0.29, 0.717) is 23.5 Å². The predicted octanol–water partition coefficient (Wildman–Crippen LogP) is 1.70. The zero-order chi connectivity index (χ0) is 15.5. The van der Waals surface area contributed by atoms with Crippen LogP contribution >= 0.6 is 12.2 Å². The summed E-state index contributed by atoms with van der Waals surface area (Å²) >= 11 is 5.13. The molecule has 0 aromatic heterocycles. The van der Waals surface area contributed by atoms with Gasteiger partial charge in [-0.15, -0.1) is 0 Å². The highest BCUT2D eigenvalue weighted by Gasteiger charge is 2.38. The van der Waals surface area contributed by atoms with Gasteiger partial charge in [0, 0.05) is 18.8 Å². The van der Waals surface area contributed by atoms with E-state index in [2.05, 4.69) is 15.5 Å². The summed E-state index contributed by atoms with van der Waals surface area (Å²) in [6.07, 6.45) is 1.35. The molecule has 1 heterocycles. The number of nitrogens with one attached hydrogen (secondary N) is 2. The Hall–Kier alpha value is -1.73. The Morgan fingerprint density at radius 3 is 2.43 bits per heavy atom. The summed E-state index contributed by atoms with van der Waals surface area (Å²) in [5, 5.41) is 5.54. The molecule has 0 spiro atoms. The minimum absolute atomic E-state index is 0.296. The minimum atomic E-state index is -0.661. The number of nitrogens with two attached hydrogens (primary N) is 1. The highest BCUT2D eigenvalue weighted by Crippen LogP contribution is 2.22. The van der Waals surface area contributed by atoms with Crippen molar-refractivity contribution in [1.82, 2.24) is 10.2 Å². The van der Waals surface area contributed by atoms with Gasteiger partial charge < -0.3 is 21.3 Å². The van der Waals surface area contributed by atoms with Crippen LogP contribution < -0.4 is 16.4 Å². The number of piperidine rings is 1. The Balaban J connectivity index is 2.02. The number of likely N-dealkylation sites (tertiary alicyclic amines) is 1. The number of anilines is 1. The van der Waals surface area contributed by atoms with Crippen molar-refractivity contribution in [3.63, 3.8) is 0 Å². The topological polar surface area (TPSA) is 70.4 Å². The zero-order valence-corrected chi connectivity index (χ0v) is 12.7. The fourth-order valence-corrected chi connectivity index (χ4v) is 2.60. The summed E-state index contributed by atoms with van der Waals surface area (Å²) in [5.74, 6) is -0.351. The Labute approximate surface area is 128 Å². The number of thiocarbonyl (C=S) groups is 1. The number of halogens is 1. The fourth-order valence-electron chi connectivity index (χ4n) is 2.35. The number of benzene rings is 1. The molecule has 1 aromatic rings. The van der Waals surface area contributed by atoms with E-state index in [0.717, 1.165) is 13.1 Å². The molecule has 7 heteroatoms. The number of carbonyl (C=O) groups excluding carboxylic acids is 1. The summed E-state index contributed by atoms with van der Waals surface area (Å²) in [6, 6.07) is 5.18. The third-order valence-electron chi connectivity index (χ3n) is 3.77. The molecule has 21 heavy (non-hydrogen) atoms. The van der Waals surface area contributed by atoms with Gasteiger partial charge in [0.05, 0.1) is 10.5 Å². The van der Waals surface area contributed by atoms with Crippen LogP contribution in [0.4, 0.5) is 14.9 Å². The highest BCUT2D eigenvalue weighted by molar-refractivity contribution is 7.80. The van der Waals surface area contributed by atoms with E-state index in [1.54, 1.807) is 0 Å². The number of carbonyl (C=O) groups is 1. The Morgan fingerprint density at radius 2 is 1.90 bits per heavy atom. The number of urea groups is 1. The number of hydrogen-bond donors (Lipinski definition) is 3. The summed E-state index contributed by atoms with van der Waals surface area (Å²) in [4.78, 5) is 14.6. The van der Waals surface area contributed by atoms with Crippen LogP contribution in [-0.4, -0.2) is 41.6 Å². The van der Waals surface area contributed by atoms with Gasteiger partial charge in [0.2, 0.25) is 0 Å². The highest BCUT2D eigenvalue weighted by atomic mass is 32.1. The Morgan fingerprint density at radius 1 is 1.33 bits per heavy atom. The molecule has 0 unspecified atom stereocenters. The van der Waals surface area contributed by atoms with E-state index in [1.165, 1.54) is 24.3 Å². The molecular formula is C14H19FN4OS. The molecule has 1 aliphatic heterocycles. The SMILES string of the molecule is CN1CCC(NC(=O)Nc2ccc(F)cc2)(C(N)=S)CC1. The van der Waals surface area contributed by atoms with Gasteiger partial charge in [-0.05, 0) is 44.2 Å². The Kier molecular flexibility index (Phi) is 4.74. The van der Waals surface area contributed by atoms with Crippen molar-refractivity contribution < 1.29 is 9.18 Å². The van der Waals surface area contributed by atoms with E-state index in [4.69, 9.17) is 18.0 Å². The normalized spacial score (nSPS) is 18.0. The molecule has 0 saturated carbocycles. The van der Waals surface area contributed by atoms with Crippen LogP contribution in [0.15, 0.2) is 24.3 Å². The number of nitrogens with zero attached hydrogens (tertiary/aromatic N) is 1. The standard InChI is InChI=1S/C14H19FN4OS/c1-19-8-6-14(7-9-19,12(16)21)18-13(20)17-11-4-2-10(15)3-5-11/h2-5H,6-9H2,1H3,(H2,16,21)(H2,17,18,20). The second-order valence-electron chi connectivity index (χ2n) is 5.34. The summed E-state index contributed by atoms with van der Waals surface area (Å²) in [7, 11) is 2.02.